The van der Waals surface area contributed by atoms with Crippen molar-refractivity contribution in [2.45, 2.75) is 70.9 Å². The lowest BCUT2D eigenvalue weighted by molar-refractivity contribution is -0.145. The number of carboxylic acid groups (broad SMARTS) is 1. The number of nitrogens with zero attached hydrogens (tertiary/aromatic N) is 5. The molecule has 0 saturated heterocycles. The molecule has 0 aliphatic heterocycles. The number of hydrogen-bond donors (Lipinski definition) is 1. The van der Waals surface area contributed by atoms with Crippen molar-refractivity contribution in [2.24, 2.45) is 0 Å². The lowest BCUT2D eigenvalue weighted by Crippen LogP contribution is -2.43. The lowest BCUT2D eigenvalue weighted by Gasteiger charge is -2.38. The summed E-state index contributed by atoms with van der Waals surface area (Å²) in [5.74, 6) is -0.518. The molecule has 1 unspecified atom stereocenters. The summed E-state index contributed by atoms with van der Waals surface area (Å²) in [5, 5.41) is 15.0. The zero-order chi connectivity index (χ0) is 24.4. The molecule has 1 N–H and O–H groups in total. The minimum Gasteiger partial charge on any atom is -0.479 e. The summed E-state index contributed by atoms with van der Waals surface area (Å²) in [6, 6.07) is 3.41. The number of carboxylic acids is 1. The van der Waals surface area contributed by atoms with Crippen molar-refractivity contribution in [3.63, 3.8) is 0 Å². The molecular formula is C22H30ClN5O4Si. The number of carbonyl (C=O) groups is 1. The number of aromatic nitrogens is 5. The molecule has 3 rings (SSSR count). The normalized spacial score (nSPS) is 14.3. The molecule has 0 amide bonds. The molecule has 3 aromatic rings. The van der Waals surface area contributed by atoms with Gasteiger partial charge >= 0.3 is 5.97 Å². The Hall–Kier alpha value is -2.56. The third-order valence-electron chi connectivity index (χ3n) is 5.94. The number of aliphatic carboxylic acids is 1. The summed E-state index contributed by atoms with van der Waals surface area (Å²) >= 11 is 6.24. The molecule has 2 atom stereocenters. The fourth-order valence-corrected chi connectivity index (χ4v) is 4.78. The van der Waals surface area contributed by atoms with E-state index in [0.717, 1.165) is 0 Å². The maximum absolute atomic E-state index is 11.9. The van der Waals surface area contributed by atoms with Gasteiger partial charge in [0.1, 0.15) is 11.7 Å². The second kappa shape index (κ2) is 9.74. The third-order valence-corrected chi connectivity index (χ3v) is 10.8. The maximum atomic E-state index is 11.9. The van der Waals surface area contributed by atoms with E-state index < -0.39 is 20.4 Å². The minimum absolute atomic E-state index is 0.0766. The fraction of sp³-hybridized carbons (Fsp3) is 0.500. The standard InChI is InChI=1S/C22H30ClN5O4Si/c1-14(32-33(5,6)22(2,3)4)9-10-17(21(29)30)31-20-15-12-27-28(18(15)25-13-26-20)19-16(23)8-7-11-24-19/h7-8,11-14,17H,9-10H2,1-6H3,(H,29,30)/t14?,17-/m0/s1. The Balaban J connectivity index is 1.77. The Morgan fingerprint density at radius 2 is 1.97 bits per heavy atom. The van der Waals surface area contributed by atoms with Gasteiger partial charge in [0.15, 0.2) is 25.9 Å². The molecule has 0 aliphatic rings. The summed E-state index contributed by atoms with van der Waals surface area (Å²) in [6.45, 7) is 12.9. The van der Waals surface area contributed by atoms with E-state index >= 15 is 0 Å². The number of pyridine rings is 1. The average molecular weight is 492 g/mol. The summed E-state index contributed by atoms with van der Waals surface area (Å²) in [4.78, 5) is 24.6. The van der Waals surface area contributed by atoms with Crippen molar-refractivity contribution in [2.75, 3.05) is 0 Å². The van der Waals surface area contributed by atoms with Crippen LogP contribution < -0.4 is 4.74 Å². The molecule has 9 nitrogen and oxygen atoms in total. The largest absolute Gasteiger partial charge is 0.479 e. The molecule has 3 heterocycles. The first-order valence-electron chi connectivity index (χ1n) is 10.8. The first-order valence-corrected chi connectivity index (χ1v) is 14.1. The summed E-state index contributed by atoms with van der Waals surface area (Å²) in [6.07, 6.45) is 4.05. The van der Waals surface area contributed by atoms with E-state index in [9.17, 15) is 9.90 Å². The molecule has 178 valence electrons. The molecule has 0 radical (unpaired) electrons. The van der Waals surface area contributed by atoms with Crippen LogP contribution >= 0.6 is 11.6 Å². The highest BCUT2D eigenvalue weighted by Gasteiger charge is 2.38. The number of halogens is 1. The number of ether oxygens (including phenoxy) is 1. The molecule has 11 heteroatoms. The van der Waals surface area contributed by atoms with E-state index in [0.29, 0.717) is 28.3 Å². The number of rotatable bonds is 9. The zero-order valence-electron chi connectivity index (χ0n) is 19.7. The Kier molecular flexibility index (Phi) is 7.40. The zero-order valence-corrected chi connectivity index (χ0v) is 21.5. The molecule has 33 heavy (non-hydrogen) atoms. The number of hydrogen-bond acceptors (Lipinski definition) is 7. The van der Waals surface area contributed by atoms with Crippen LogP contribution in [0.4, 0.5) is 0 Å². The van der Waals surface area contributed by atoms with Gasteiger partial charge in [-0.25, -0.2) is 19.7 Å². The van der Waals surface area contributed by atoms with Gasteiger partial charge < -0.3 is 14.3 Å². The lowest BCUT2D eigenvalue weighted by atomic mass is 10.1. The van der Waals surface area contributed by atoms with Crippen molar-refractivity contribution >= 4 is 36.9 Å². The molecule has 0 fully saturated rings. The highest BCUT2D eigenvalue weighted by atomic mass is 35.5. The second-order valence-electron chi connectivity index (χ2n) is 9.49. The van der Waals surface area contributed by atoms with Crippen LogP contribution in [0.3, 0.4) is 0 Å². The summed E-state index contributed by atoms with van der Waals surface area (Å²) in [5.41, 5.74) is 0.416. The van der Waals surface area contributed by atoms with E-state index in [4.69, 9.17) is 20.8 Å². The van der Waals surface area contributed by atoms with Gasteiger partial charge in [0.2, 0.25) is 5.88 Å². The van der Waals surface area contributed by atoms with Crippen LogP contribution in [-0.4, -0.2) is 56.3 Å². The Morgan fingerprint density at radius 3 is 2.61 bits per heavy atom. The maximum Gasteiger partial charge on any atom is 0.344 e. The van der Waals surface area contributed by atoms with Gasteiger partial charge in [-0.1, -0.05) is 32.4 Å². The topological polar surface area (TPSA) is 112 Å². The summed E-state index contributed by atoms with van der Waals surface area (Å²) in [7, 11) is -1.95. The van der Waals surface area contributed by atoms with Crippen LogP contribution in [0, 0.1) is 0 Å². The fourth-order valence-electron chi connectivity index (χ4n) is 3.10. The van der Waals surface area contributed by atoms with Crippen molar-refractivity contribution in [1.29, 1.82) is 0 Å². The van der Waals surface area contributed by atoms with E-state index in [-0.39, 0.29) is 23.4 Å². The molecule has 0 spiro atoms. The predicted molar refractivity (Wildman–Crippen MR) is 128 cm³/mol. The summed E-state index contributed by atoms with van der Waals surface area (Å²) < 4.78 is 13.6. The van der Waals surface area contributed by atoms with Gasteiger partial charge in [-0.2, -0.15) is 9.78 Å². The first-order chi connectivity index (χ1) is 15.4. The first kappa shape index (κ1) is 25.1. The van der Waals surface area contributed by atoms with Gasteiger partial charge in [0, 0.05) is 12.3 Å². The van der Waals surface area contributed by atoms with Gasteiger partial charge in [0.25, 0.3) is 0 Å². The molecule has 0 aromatic carbocycles. The average Bonchev–Trinajstić information content (AvgIpc) is 3.14. The van der Waals surface area contributed by atoms with Crippen LogP contribution in [0.5, 0.6) is 5.88 Å². The van der Waals surface area contributed by atoms with E-state index in [2.05, 4.69) is 53.9 Å². The molecule has 3 aromatic heterocycles. The van der Waals surface area contributed by atoms with E-state index in [1.165, 1.54) is 17.2 Å². The van der Waals surface area contributed by atoms with Crippen molar-refractivity contribution < 1.29 is 19.1 Å². The van der Waals surface area contributed by atoms with Crippen LogP contribution in [-0.2, 0) is 9.22 Å². The quantitative estimate of drug-likeness (QED) is 0.421. The van der Waals surface area contributed by atoms with Crippen molar-refractivity contribution in [3.05, 3.63) is 35.9 Å². The SMILES string of the molecule is CC(CC[C@H](Oc1ncnc2c1cnn2-c1ncccc1Cl)C(=O)O)O[Si](C)(C)C(C)(C)C. The number of fused-ring (bicyclic) bond motifs is 1. The minimum atomic E-state index is -1.95. The third kappa shape index (κ3) is 5.68. The second-order valence-corrected chi connectivity index (χ2v) is 14.7. The Bertz CT molecular complexity index is 1130. The monoisotopic (exact) mass is 491 g/mol. The van der Waals surface area contributed by atoms with Gasteiger partial charge in [-0.3, -0.25) is 0 Å². The van der Waals surface area contributed by atoms with Crippen LogP contribution in [0.1, 0.15) is 40.5 Å². The Morgan fingerprint density at radius 1 is 1.24 bits per heavy atom. The van der Waals surface area contributed by atoms with Gasteiger partial charge in [-0.05, 0) is 50.0 Å². The molecule has 0 saturated carbocycles. The highest BCUT2D eigenvalue weighted by molar-refractivity contribution is 6.74. The van der Waals surface area contributed by atoms with Gasteiger partial charge in [0.05, 0.1) is 11.2 Å². The van der Waals surface area contributed by atoms with Crippen LogP contribution in [0.2, 0.25) is 23.2 Å². The highest BCUT2D eigenvalue weighted by Crippen LogP contribution is 2.37. The van der Waals surface area contributed by atoms with Crippen LogP contribution in [0.15, 0.2) is 30.9 Å². The molecule has 0 bridgehead atoms. The molecular weight excluding hydrogens is 462 g/mol. The van der Waals surface area contributed by atoms with Crippen molar-refractivity contribution in [3.8, 4) is 11.7 Å². The smallest absolute Gasteiger partial charge is 0.344 e. The Labute approximate surface area is 199 Å². The van der Waals surface area contributed by atoms with E-state index in [1.54, 1.807) is 18.3 Å². The molecule has 0 aliphatic carbocycles. The van der Waals surface area contributed by atoms with E-state index in [1.807, 2.05) is 6.92 Å². The van der Waals surface area contributed by atoms with Gasteiger partial charge in [-0.15, -0.1) is 0 Å². The predicted octanol–water partition coefficient (Wildman–Crippen LogP) is 4.89. The van der Waals surface area contributed by atoms with Crippen LogP contribution in [0.25, 0.3) is 16.9 Å². The van der Waals surface area contributed by atoms with Crippen molar-refractivity contribution in [1.82, 2.24) is 24.7 Å².